The number of unbranched alkanes of at least 4 members (excludes halogenated alkanes) is 11. The summed E-state index contributed by atoms with van der Waals surface area (Å²) in [7, 11) is 0. The maximum Gasteiger partial charge on any atom is 0.425 e. The predicted octanol–water partition coefficient (Wildman–Crippen LogP) is 9.93. The Morgan fingerprint density at radius 1 is 0.682 bits per heavy atom. The molecule has 0 saturated heterocycles. The van der Waals surface area contributed by atoms with Gasteiger partial charge in [0.25, 0.3) is 0 Å². The second-order valence-electron chi connectivity index (χ2n) is 10.9. The number of hydrogen-bond donors (Lipinski definition) is 0. The summed E-state index contributed by atoms with van der Waals surface area (Å²) < 4.78 is 70.0. The zero-order chi connectivity index (χ0) is 32.4. The highest BCUT2D eigenvalue weighted by molar-refractivity contribution is 5.92. The van der Waals surface area contributed by atoms with Crippen LogP contribution in [-0.4, -0.2) is 30.2 Å². The van der Waals surface area contributed by atoms with E-state index in [9.17, 15) is 31.9 Å². The van der Waals surface area contributed by atoms with Gasteiger partial charge in [0, 0.05) is 12.5 Å². The first-order chi connectivity index (χ1) is 21.0. The van der Waals surface area contributed by atoms with E-state index in [1.54, 1.807) is 0 Å². The second kappa shape index (κ2) is 19.8. The van der Waals surface area contributed by atoms with E-state index in [1.807, 2.05) is 6.92 Å². The molecule has 0 fully saturated rings. The highest BCUT2D eigenvalue weighted by Crippen LogP contribution is 2.29. The molecule has 0 aliphatic rings. The molecule has 0 bridgehead atoms. The molecule has 2 aromatic carbocycles. The Labute approximate surface area is 257 Å². The Kier molecular flexibility index (Phi) is 16.5. The van der Waals surface area contributed by atoms with Crippen molar-refractivity contribution < 1.29 is 46.2 Å². The molecule has 44 heavy (non-hydrogen) atoms. The number of ether oxygens (including phenoxy) is 3. The van der Waals surface area contributed by atoms with E-state index in [-0.39, 0.29) is 36.3 Å². The molecule has 1 atom stereocenters. The van der Waals surface area contributed by atoms with Crippen molar-refractivity contribution in [1.29, 1.82) is 0 Å². The molecule has 2 aromatic rings. The zero-order valence-electron chi connectivity index (χ0n) is 25.7. The van der Waals surface area contributed by atoms with Crippen molar-refractivity contribution in [1.82, 2.24) is 0 Å². The standard InChI is InChI=1S/C34H44F4O6/c1-3-5-7-9-11-13-15-17-31(39)42-27-22-23-28(29(35)24-27)33(41)43-26-20-18-25(19-21-26)32(40)44-30(34(36,37)38)16-14-12-10-8-6-4-2/h18-24,30H,3-17H2,1-2H3. The smallest absolute Gasteiger partial charge is 0.425 e. The van der Waals surface area contributed by atoms with Crippen molar-refractivity contribution in [2.24, 2.45) is 0 Å². The van der Waals surface area contributed by atoms with E-state index in [4.69, 9.17) is 14.2 Å². The van der Waals surface area contributed by atoms with Gasteiger partial charge in [-0.25, -0.2) is 14.0 Å². The number of carbonyl (C=O) groups is 3. The van der Waals surface area contributed by atoms with Crippen molar-refractivity contribution in [3.8, 4) is 11.5 Å². The van der Waals surface area contributed by atoms with E-state index in [0.717, 1.165) is 69.2 Å². The number of alkyl halides is 3. The van der Waals surface area contributed by atoms with Gasteiger partial charge < -0.3 is 14.2 Å². The van der Waals surface area contributed by atoms with Gasteiger partial charge in [-0.2, -0.15) is 13.2 Å². The van der Waals surface area contributed by atoms with Crippen LogP contribution in [0.3, 0.4) is 0 Å². The Morgan fingerprint density at radius 3 is 1.80 bits per heavy atom. The summed E-state index contributed by atoms with van der Waals surface area (Å²) >= 11 is 0. The van der Waals surface area contributed by atoms with Crippen molar-refractivity contribution in [2.45, 2.75) is 122 Å². The van der Waals surface area contributed by atoms with Crippen LogP contribution < -0.4 is 9.47 Å². The minimum absolute atomic E-state index is 0.0384. The van der Waals surface area contributed by atoms with Gasteiger partial charge in [-0.15, -0.1) is 0 Å². The summed E-state index contributed by atoms with van der Waals surface area (Å²) in [6.07, 6.45) is 5.04. The molecule has 244 valence electrons. The molecule has 10 heteroatoms. The molecule has 0 N–H and O–H groups in total. The highest BCUT2D eigenvalue weighted by Gasteiger charge is 2.42. The van der Waals surface area contributed by atoms with Gasteiger partial charge in [-0.3, -0.25) is 4.79 Å². The molecule has 0 amide bonds. The van der Waals surface area contributed by atoms with Gasteiger partial charge in [-0.05, 0) is 55.7 Å². The number of benzene rings is 2. The summed E-state index contributed by atoms with van der Waals surface area (Å²) in [4.78, 5) is 37.0. The minimum atomic E-state index is -4.69. The molecule has 0 radical (unpaired) electrons. The van der Waals surface area contributed by atoms with Crippen LogP contribution >= 0.6 is 0 Å². The van der Waals surface area contributed by atoms with Crippen LogP contribution in [0, 0.1) is 5.82 Å². The van der Waals surface area contributed by atoms with E-state index in [0.29, 0.717) is 12.8 Å². The lowest BCUT2D eigenvalue weighted by Gasteiger charge is -2.20. The zero-order valence-corrected chi connectivity index (χ0v) is 25.7. The molecular weight excluding hydrogens is 580 g/mol. The number of halogens is 4. The van der Waals surface area contributed by atoms with Crippen LogP contribution in [0.15, 0.2) is 42.5 Å². The number of esters is 3. The van der Waals surface area contributed by atoms with Crippen LogP contribution in [0.1, 0.15) is 131 Å². The summed E-state index contributed by atoms with van der Waals surface area (Å²) in [5.74, 6) is -3.75. The Hall–Kier alpha value is -3.43. The van der Waals surface area contributed by atoms with Gasteiger partial charge in [0.1, 0.15) is 17.3 Å². The first-order valence-electron chi connectivity index (χ1n) is 15.6. The number of rotatable bonds is 20. The van der Waals surface area contributed by atoms with Gasteiger partial charge in [0.2, 0.25) is 0 Å². The topological polar surface area (TPSA) is 78.9 Å². The Balaban J connectivity index is 1.86. The largest absolute Gasteiger partial charge is 0.449 e. The normalized spacial score (nSPS) is 12.0. The fourth-order valence-corrected chi connectivity index (χ4v) is 4.55. The van der Waals surface area contributed by atoms with Crippen LogP contribution in [0.5, 0.6) is 11.5 Å². The first kappa shape index (κ1) is 36.8. The first-order valence-corrected chi connectivity index (χ1v) is 15.6. The Bertz CT molecular complexity index is 1160. The summed E-state index contributed by atoms with van der Waals surface area (Å²) in [6, 6.07) is 8.04. The lowest BCUT2D eigenvalue weighted by molar-refractivity contribution is -0.206. The summed E-state index contributed by atoms with van der Waals surface area (Å²) in [6.45, 7) is 4.20. The van der Waals surface area contributed by atoms with Crippen molar-refractivity contribution in [2.75, 3.05) is 0 Å². The average molecular weight is 625 g/mol. The molecule has 0 heterocycles. The van der Waals surface area contributed by atoms with E-state index < -0.39 is 41.6 Å². The lowest BCUT2D eigenvalue weighted by atomic mass is 10.1. The van der Waals surface area contributed by atoms with Gasteiger partial charge >= 0.3 is 24.1 Å². The molecule has 0 saturated carbocycles. The van der Waals surface area contributed by atoms with Crippen molar-refractivity contribution in [3.05, 3.63) is 59.4 Å². The molecule has 0 aliphatic carbocycles. The highest BCUT2D eigenvalue weighted by atomic mass is 19.4. The maximum absolute atomic E-state index is 14.6. The fraction of sp³-hybridized carbons (Fsp3) is 0.559. The Morgan fingerprint density at radius 2 is 1.23 bits per heavy atom. The van der Waals surface area contributed by atoms with E-state index >= 15 is 0 Å². The quantitative estimate of drug-likeness (QED) is 0.0631. The van der Waals surface area contributed by atoms with Gasteiger partial charge in [0.05, 0.1) is 11.1 Å². The monoisotopic (exact) mass is 624 g/mol. The molecule has 0 spiro atoms. The van der Waals surface area contributed by atoms with Crippen molar-refractivity contribution >= 4 is 17.9 Å². The fourth-order valence-electron chi connectivity index (χ4n) is 4.55. The van der Waals surface area contributed by atoms with Crippen LogP contribution in [0.4, 0.5) is 17.6 Å². The lowest BCUT2D eigenvalue weighted by Crippen LogP contribution is -2.33. The molecule has 0 aliphatic heterocycles. The van der Waals surface area contributed by atoms with Crippen LogP contribution in [0.2, 0.25) is 0 Å². The van der Waals surface area contributed by atoms with E-state index in [2.05, 4.69) is 6.92 Å². The maximum atomic E-state index is 14.6. The van der Waals surface area contributed by atoms with Gasteiger partial charge in [0.15, 0.2) is 6.10 Å². The molecule has 2 rings (SSSR count). The van der Waals surface area contributed by atoms with Crippen molar-refractivity contribution in [3.63, 3.8) is 0 Å². The molecule has 6 nitrogen and oxygen atoms in total. The number of hydrogen-bond acceptors (Lipinski definition) is 6. The predicted molar refractivity (Wildman–Crippen MR) is 159 cm³/mol. The average Bonchev–Trinajstić information content (AvgIpc) is 2.97. The van der Waals surface area contributed by atoms with Crippen LogP contribution in [-0.2, 0) is 9.53 Å². The molecule has 0 aromatic heterocycles. The third-order valence-corrected chi connectivity index (χ3v) is 7.11. The summed E-state index contributed by atoms with van der Waals surface area (Å²) in [5, 5.41) is 0. The van der Waals surface area contributed by atoms with Crippen LogP contribution in [0.25, 0.3) is 0 Å². The second-order valence-corrected chi connectivity index (χ2v) is 10.9. The SMILES string of the molecule is CCCCCCCCCC(=O)Oc1ccc(C(=O)Oc2ccc(C(=O)OC(CCCCCCCC)C(F)(F)F)cc2)c(F)c1. The number of carbonyl (C=O) groups excluding carboxylic acids is 3. The van der Waals surface area contributed by atoms with E-state index in [1.165, 1.54) is 37.5 Å². The third kappa shape index (κ3) is 13.9. The molecular formula is C34H44F4O6. The van der Waals surface area contributed by atoms with Gasteiger partial charge in [-0.1, -0.05) is 84.5 Å². The minimum Gasteiger partial charge on any atom is -0.449 e. The molecule has 1 unspecified atom stereocenters. The third-order valence-electron chi connectivity index (χ3n) is 7.11. The summed E-state index contributed by atoms with van der Waals surface area (Å²) in [5.41, 5.74) is -0.570.